The molecule has 14 heavy (non-hydrogen) atoms. The standard InChI is InChI=1S/C8H16.3C2H6/c1-8(2)6-4-3-5-7-8;3*1-2/h3-7H2,1-2H3;3*1-2H3. The fraction of sp³-hybridized carbons (Fsp3) is 1.00. The Hall–Kier alpha value is 0. The van der Waals surface area contributed by atoms with Crippen molar-refractivity contribution < 1.29 is 0 Å². The molecule has 0 aromatic rings. The van der Waals surface area contributed by atoms with Gasteiger partial charge in [-0.25, -0.2) is 0 Å². The fourth-order valence-electron chi connectivity index (χ4n) is 1.51. The predicted octanol–water partition coefficient (Wildman–Crippen LogP) is 6.06. The van der Waals surface area contributed by atoms with E-state index < -0.39 is 0 Å². The lowest BCUT2D eigenvalue weighted by Gasteiger charge is -2.28. The van der Waals surface area contributed by atoms with E-state index in [1.807, 2.05) is 41.5 Å². The molecule has 0 nitrogen and oxygen atoms in total. The van der Waals surface area contributed by atoms with Crippen LogP contribution in [0.3, 0.4) is 0 Å². The lowest BCUT2D eigenvalue weighted by atomic mass is 9.78. The van der Waals surface area contributed by atoms with Crippen molar-refractivity contribution in [2.75, 3.05) is 0 Å². The summed E-state index contributed by atoms with van der Waals surface area (Å²) in [5.74, 6) is 0. The largest absolute Gasteiger partial charge is 0.0683 e. The van der Waals surface area contributed by atoms with Crippen LogP contribution in [0.4, 0.5) is 0 Å². The van der Waals surface area contributed by atoms with Gasteiger partial charge in [0.05, 0.1) is 0 Å². The zero-order chi connectivity index (χ0) is 12.0. The second kappa shape index (κ2) is 15.5. The Labute approximate surface area is 93.5 Å². The Bertz CT molecular complexity index is 64.1. The van der Waals surface area contributed by atoms with E-state index in [0.29, 0.717) is 5.41 Å². The van der Waals surface area contributed by atoms with Crippen LogP contribution in [0.1, 0.15) is 87.5 Å². The maximum absolute atomic E-state index is 2.38. The Morgan fingerprint density at radius 1 is 0.571 bits per heavy atom. The van der Waals surface area contributed by atoms with Gasteiger partial charge in [-0.1, -0.05) is 74.7 Å². The van der Waals surface area contributed by atoms with Crippen LogP contribution in [0.25, 0.3) is 0 Å². The van der Waals surface area contributed by atoms with Crippen molar-refractivity contribution in [1.82, 2.24) is 0 Å². The van der Waals surface area contributed by atoms with Crippen molar-refractivity contribution in [3.63, 3.8) is 0 Å². The molecule has 1 aliphatic rings. The highest BCUT2D eigenvalue weighted by Gasteiger charge is 2.19. The number of hydrogen-bond acceptors (Lipinski definition) is 0. The van der Waals surface area contributed by atoms with E-state index in [1.54, 1.807) is 0 Å². The van der Waals surface area contributed by atoms with Gasteiger partial charge in [0, 0.05) is 0 Å². The third-order valence-corrected chi connectivity index (χ3v) is 2.21. The van der Waals surface area contributed by atoms with E-state index in [9.17, 15) is 0 Å². The smallest absolute Gasteiger partial charge is 0.0354 e. The summed E-state index contributed by atoms with van der Waals surface area (Å²) in [4.78, 5) is 0. The molecule has 0 atom stereocenters. The van der Waals surface area contributed by atoms with Crippen molar-refractivity contribution >= 4 is 0 Å². The number of rotatable bonds is 0. The average Bonchev–Trinajstić information content (AvgIpc) is 2.26. The van der Waals surface area contributed by atoms with Gasteiger partial charge in [-0.15, -0.1) is 0 Å². The number of hydrogen-bond donors (Lipinski definition) is 0. The van der Waals surface area contributed by atoms with E-state index in [2.05, 4.69) is 13.8 Å². The molecular weight excluding hydrogens is 168 g/mol. The summed E-state index contributed by atoms with van der Waals surface area (Å²) in [5, 5.41) is 0. The minimum atomic E-state index is 0.679. The van der Waals surface area contributed by atoms with E-state index in [1.165, 1.54) is 32.1 Å². The summed E-state index contributed by atoms with van der Waals surface area (Å²) in [6, 6.07) is 0. The molecule has 0 amide bonds. The van der Waals surface area contributed by atoms with Crippen LogP contribution in [0.2, 0.25) is 0 Å². The Balaban J connectivity index is -0.000000174. The second-order valence-electron chi connectivity index (χ2n) is 3.72. The molecule has 0 aliphatic heterocycles. The van der Waals surface area contributed by atoms with Gasteiger partial charge in [0.25, 0.3) is 0 Å². The summed E-state index contributed by atoms with van der Waals surface area (Å²) in [5.41, 5.74) is 0.679. The first kappa shape index (κ1) is 19.6. The van der Waals surface area contributed by atoms with Gasteiger partial charge in [-0.3, -0.25) is 0 Å². The molecule has 0 radical (unpaired) electrons. The molecule has 0 N–H and O–H groups in total. The minimum Gasteiger partial charge on any atom is -0.0683 e. The molecule has 0 aromatic carbocycles. The van der Waals surface area contributed by atoms with E-state index in [-0.39, 0.29) is 0 Å². The zero-order valence-electron chi connectivity index (χ0n) is 12.0. The Kier molecular flexibility index (Phi) is 21.6. The summed E-state index contributed by atoms with van der Waals surface area (Å²) >= 11 is 0. The first-order valence-electron chi connectivity index (χ1n) is 6.71. The van der Waals surface area contributed by atoms with Gasteiger partial charge in [0.1, 0.15) is 0 Å². The van der Waals surface area contributed by atoms with Crippen LogP contribution in [0.5, 0.6) is 0 Å². The van der Waals surface area contributed by atoms with Crippen molar-refractivity contribution in [2.45, 2.75) is 87.5 Å². The molecule has 0 unspecified atom stereocenters. The molecule has 0 spiro atoms. The molecule has 0 aromatic heterocycles. The fourth-order valence-corrected chi connectivity index (χ4v) is 1.51. The van der Waals surface area contributed by atoms with Crippen molar-refractivity contribution in [1.29, 1.82) is 0 Å². The molecule has 0 heteroatoms. The summed E-state index contributed by atoms with van der Waals surface area (Å²) in [6.45, 7) is 16.8. The first-order chi connectivity index (χ1) is 6.71. The maximum atomic E-state index is 2.38. The van der Waals surface area contributed by atoms with Gasteiger partial charge in [-0.05, 0) is 18.3 Å². The molecule has 90 valence electrons. The van der Waals surface area contributed by atoms with Crippen molar-refractivity contribution in [3.8, 4) is 0 Å². The third kappa shape index (κ3) is 14.5. The lowest BCUT2D eigenvalue weighted by Crippen LogP contribution is -2.14. The highest BCUT2D eigenvalue weighted by atomic mass is 14.3. The van der Waals surface area contributed by atoms with Gasteiger partial charge < -0.3 is 0 Å². The molecule has 1 fully saturated rings. The van der Waals surface area contributed by atoms with Crippen LogP contribution >= 0.6 is 0 Å². The SMILES string of the molecule is CC.CC.CC.CC1(C)CCCCC1. The van der Waals surface area contributed by atoms with Gasteiger partial charge >= 0.3 is 0 Å². The summed E-state index contributed by atoms with van der Waals surface area (Å²) in [6.07, 6.45) is 7.31. The molecule has 0 bridgehead atoms. The van der Waals surface area contributed by atoms with Gasteiger partial charge in [0.2, 0.25) is 0 Å². The average molecular weight is 202 g/mol. The molecule has 1 rings (SSSR count). The Morgan fingerprint density at radius 3 is 1.00 bits per heavy atom. The van der Waals surface area contributed by atoms with Crippen LogP contribution in [0, 0.1) is 5.41 Å². The molecule has 0 saturated heterocycles. The molecule has 1 aliphatic carbocycles. The zero-order valence-corrected chi connectivity index (χ0v) is 12.0. The maximum Gasteiger partial charge on any atom is -0.0354 e. The normalized spacial score (nSPS) is 17.1. The minimum absolute atomic E-state index is 0.679. The lowest BCUT2D eigenvalue weighted by molar-refractivity contribution is 0.244. The van der Waals surface area contributed by atoms with Gasteiger partial charge in [0.15, 0.2) is 0 Å². The van der Waals surface area contributed by atoms with Crippen molar-refractivity contribution in [3.05, 3.63) is 0 Å². The van der Waals surface area contributed by atoms with Crippen molar-refractivity contribution in [2.24, 2.45) is 5.41 Å². The topological polar surface area (TPSA) is 0 Å². The molecule has 1 saturated carbocycles. The Morgan fingerprint density at radius 2 is 0.857 bits per heavy atom. The van der Waals surface area contributed by atoms with E-state index in [0.717, 1.165) is 0 Å². The predicted molar refractivity (Wildman–Crippen MR) is 70.9 cm³/mol. The van der Waals surface area contributed by atoms with Gasteiger partial charge in [-0.2, -0.15) is 0 Å². The van der Waals surface area contributed by atoms with Crippen LogP contribution in [0.15, 0.2) is 0 Å². The highest BCUT2D eigenvalue weighted by Crippen LogP contribution is 2.34. The van der Waals surface area contributed by atoms with Crippen LogP contribution in [-0.4, -0.2) is 0 Å². The molecular formula is C14H34. The second-order valence-corrected chi connectivity index (χ2v) is 3.72. The summed E-state index contributed by atoms with van der Waals surface area (Å²) < 4.78 is 0. The monoisotopic (exact) mass is 202 g/mol. The summed E-state index contributed by atoms with van der Waals surface area (Å²) in [7, 11) is 0. The highest BCUT2D eigenvalue weighted by molar-refractivity contribution is 4.72. The quantitative estimate of drug-likeness (QED) is 0.448. The van der Waals surface area contributed by atoms with Crippen LogP contribution < -0.4 is 0 Å². The van der Waals surface area contributed by atoms with E-state index >= 15 is 0 Å². The van der Waals surface area contributed by atoms with E-state index in [4.69, 9.17) is 0 Å². The third-order valence-electron chi connectivity index (χ3n) is 2.21. The molecule has 0 heterocycles. The first-order valence-corrected chi connectivity index (χ1v) is 6.71. The van der Waals surface area contributed by atoms with Crippen LogP contribution in [-0.2, 0) is 0 Å².